The minimum Gasteiger partial charge on any atom is -0.484 e. The lowest BCUT2D eigenvalue weighted by atomic mass is 10.3. The number of amides is 1. The molecule has 20 heavy (non-hydrogen) atoms. The molecule has 0 radical (unpaired) electrons. The number of hydrogen-bond acceptors (Lipinski definition) is 3. The van der Waals surface area contributed by atoms with E-state index in [2.05, 4.69) is 10.3 Å². The Kier molecular flexibility index (Phi) is 4.76. The molecule has 2 aromatic rings. The van der Waals surface area contributed by atoms with Crippen LogP contribution in [0.25, 0.3) is 0 Å². The Bertz CT molecular complexity index is 638. The molecule has 0 atom stereocenters. The standard InChI is InChI=1S/C13H9Cl2FN2O2/c14-9-6-8(3-4-10(9)16)20-7-12(19)18-11-2-1-5-17-13(11)15/h1-6H,7H2,(H,18,19). The Balaban J connectivity index is 1.92. The molecule has 0 fully saturated rings. The Morgan fingerprint density at radius 3 is 2.85 bits per heavy atom. The highest BCUT2D eigenvalue weighted by Crippen LogP contribution is 2.21. The summed E-state index contributed by atoms with van der Waals surface area (Å²) < 4.78 is 18.1. The van der Waals surface area contributed by atoms with Crippen molar-refractivity contribution in [2.75, 3.05) is 11.9 Å². The Morgan fingerprint density at radius 2 is 2.15 bits per heavy atom. The molecule has 7 heteroatoms. The molecule has 0 aliphatic rings. The largest absolute Gasteiger partial charge is 0.484 e. The summed E-state index contributed by atoms with van der Waals surface area (Å²) in [7, 11) is 0. The molecule has 2 rings (SSSR count). The number of nitrogens with zero attached hydrogens (tertiary/aromatic N) is 1. The second kappa shape index (κ2) is 6.54. The van der Waals surface area contributed by atoms with Crippen LogP contribution in [0.1, 0.15) is 0 Å². The van der Waals surface area contributed by atoms with E-state index in [4.69, 9.17) is 27.9 Å². The van der Waals surface area contributed by atoms with Crippen molar-refractivity contribution in [1.82, 2.24) is 4.98 Å². The first-order chi connectivity index (χ1) is 9.56. The third-order valence-electron chi connectivity index (χ3n) is 2.29. The summed E-state index contributed by atoms with van der Waals surface area (Å²) in [5.74, 6) is -0.671. The number of hydrogen-bond donors (Lipinski definition) is 1. The van der Waals surface area contributed by atoms with E-state index < -0.39 is 11.7 Å². The van der Waals surface area contributed by atoms with Gasteiger partial charge >= 0.3 is 0 Å². The minimum atomic E-state index is -0.550. The number of benzene rings is 1. The average molecular weight is 315 g/mol. The van der Waals surface area contributed by atoms with Crippen LogP contribution in [0.2, 0.25) is 10.2 Å². The van der Waals surface area contributed by atoms with Gasteiger partial charge in [-0.1, -0.05) is 23.2 Å². The summed E-state index contributed by atoms with van der Waals surface area (Å²) in [6.45, 7) is -0.257. The van der Waals surface area contributed by atoms with E-state index in [1.807, 2.05) is 0 Å². The van der Waals surface area contributed by atoms with Crippen molar-refractivity contribution < 1.29 is 13.9 Å². The fourth-order valence-electron chi connectivity index (χ4n) is 1.38. The SMILES string of the molecule is O=C(COc1ccc(F)c(Cl)c1)Nc1cccnc1Cl. The number of nitrogens with one attached hydrogen (secondary N) is 1. The maximum atomic E-state index is 12.9. The summed E-state index contributed by atoms with van der Waals surface area (Å²) in [4.78, 5) is 15.5. The molecule has 1 heterocycles. The summed E-state index contributed by atoms with van der Waals surface area (Å²) in [5, 5.41) is 2.66. The Hall–Kier alpha value is -1.85. The van der Waals surface area contributed by atoms with Gasteiger partial charge in [0.1, 0.15) is 11.6 Å². The van der Waals surface area contributed by atoms with Gasteiger partial charge in [0.25, 0.3) is 5.91 Å². The lowest BCUT2D eigenvalue weighted by molar-refractivity contribution is -0.118. The molecular weight excluding hydrogens is 306 g/mol. The average Bonchev–Trinajstić information content (AvgIpc) is 2.43. The van der Waals surface area contributed by atoms with E-state index in [1.165, 1.54) is 18.3 Å². The van der Waals surface area contributed by atoms with E-state index in [9.17, 15) is 9.18 Å². The number of ether oxygens (including phenoxy) is 1. The first-order valence-corrected chi connectivity index (χ1v) is 6.30. The summed E-state index contributed by atoms with van der Waals surface area (Å²) in [5.41, 5.74) is 0.389. The summed E-state index contributed by atoms with van der Waals surface area (Å²) >= 11 is 11.4. The van der Waals surface area contributed by atoms with Crippen molar-refractivity contribution in [3.63, 3.8) is 0 Å². The Morgan fingerprint density at radius 1 is 1.35 bits per heavy atom. The van der Waals surface area contributed by atoms with Gasteiger partial charge in [-0.3, -0.25) is 4.79 Å². The molecule has 0 spiro atoms. The molecule has 1 amide bonds. The molecule has 0 saturated carbocycles. The number of aromatic nitrogens is 1. The minimum absolute atomic E-state index is 0.0711. The van der Waals surface area contributed by atoms with Gasteiger partial charge < -0.3 is 10.1 Å². The van der Waals surface area contributed by atoms with E-state index >= 15 is 0 Å². The van der Waals surface area contributed by atoms with Crippen LogP contribution in [-0.4, -0.2) is 17.5 Å². The van der Waals surface area contributed by atoms with Crippen LogP contribution in [0.3, 0.4) is 0 Å². The molecule has 0 saturated heterocycles. The van der Waals surface area contributed by atoms with E-state index in [1.54, 1.807) is 12.1 Å². The van der Waals surface area contributed by atoms with Gasteiger partial charge in [0.05, 0.1) is 10.7 Å². The highest BCUT2D eigenvalue weighted by molar-refractivity contribution is 6.32. The molecule has 0 aliphatic carbocycles. The normalized spacial score (nSPS) is 10.2. The fourth-order valence-corrected chi connectivity index (χ4v) is 1.72. The zero-order valence-electron chi connectivity index (χ0n) is 10.1. The first-order valence-electron chi connectivity index (χ1n) is 5.54. The zero-order chi connectivity index (χ0) is 14.5. The van der Waals surface area contributed by atoms with Gasteiger partial charge in [0, 0.05) is 12.3 Å². The number of anilines is 1. The predicted molar refractivity (Wildman–Crippen MR) is 74.8 cm³/mol. The number of carbonyl (C=O) groups excluding carboxylic acids is 1. The van der Waals surface area contributed by atoms with E-state index in [0.29, 0.717) is 11.4 Å². The van der Waals surface area contributed by atoms with Gasteiger partial charge in [-0.25, -0.2) is 9.37 Å². The fraction of sp³-hybridized carbons (Fsp3) is 0.0769. The lowest BCUT2D eigenvalue weighted by Gasteiger charge is -2.08. The molecular formula is C13H9Cl2FN2O2. The lowest BCUT2D eigenvalue weighted by Crippen LogP contribution is -2.20. The highest BCUT2D eigenvalue weighted by atomic mass is 35.5. The van der Waals surface area contributed by atoms with E-state index in [-0.39, 0.29) is 16.8 Å². The van der Waals surface area contributed by atoms with Gasteiger partial charge in [0.2, 0.25) is 0 Å². The number of rotatable bonds is 4. The molecule has 4 nitrogen and oxygen atoms in total. The van der Waals surface area contributed by atoms with Crippen LogP contribution in [0.15, 0.2) is 36.5 Å². The van der Waals surface area contributed by atoms with Crippen molar-refractivity contribution in [3.05, 3.63) is 52.5 Å². The predicted octanol–water partition coefficient (Wildman–Crippen LogP) is 3.55. The maximum absolute atomic E-state index is 12.9. The van der Waals surface area contributed by atoms with Crippen LogP contribution in [0, 0.1) is 5.82 Å². The molecule has 1 aromatic carbocycles. The van der Waals surface area contributed by atoms with Crippen molar-refractivity contribution in [2.24, 2.45) is 0 Å². The summed E-state index contributed by atoms with van der Waals surface area (Å²) in [6, 6.07) is 7.09. The number of halogens is 3. The molecule has 1 N–H and O–H groups in total. The van der Waals surface area contributed by atoms with Crippen molar-refractivity contribution in [3.8, 4) is 5.75 Å². The molecule has 1 aromatic heterocycles. The van der Waals surface area contributed by atoms with Crippen LogP contribution in [-0.2, 0) is 4.79 Å². The molecule has 104 valence electrons. The van der Waals surface area contributed by atoms with Gasteiger partial charge in [-0.2, -0.15) is 0 Å². The van der Waals surface area contributed by atoms with Crippen molar-refractivity contribution >= 4 is 34.8 Å². The third kappa shape index (κ3) is 3.82. The van der Waals surface area contributed by atoms with Gasteiger partial charge in [-0.05, 0) is 24.3 Å². The van der Waals surface area contributed by atoms with Crippen molar-refractivity contribution in [2.45, 2.75) is 0 Å². The zero-order valence-corrected chi connectivity index (χ0v) is 11.6. The number of carbonyl (C=O) groups is 1. The third-order valence-corrected chi connectivity index (χ3v) is 2.89. The van der Waals surface area contributed by atoms with Crippen LogP contribution in [0.4, 0.5) is 10.1 Å². The second-order valence-electron chi connectivity index (χ2n) is 3.75. The smallest absolute Gasteiger partial charge is 0.262 e. The van der Waals surface area contributed by atoms with Crippen LogP contribution < -0.4 is 10.1 Å². The Labute approximate surface area is 124 Å². The monoisotopic (exact) mass is 314 g/mol. The second-order valence-corrected chi connectivity index (χ2v) is 4.52. The van der Waals surface area contributed by atoms with Crippen molar-refractivity contribution in [1.29, 1.82) is 0 Å². The maximum Gasteiger partial charge on any atom is 0.262 e. The van der Waals surface area contributed by atoms with Gasteiger partial charge in [0.15, 0.2) is 11.8 Å². The summed E-state index contributed by atoms with van der Waals surface area (Å²) in [6.07, 6.45) is 1.51. The quantitative estimate of drug-likeness (QED) is 0.878. The van der Waals surface area contributed by atoms with E-state index in [0.717, 1.165) is 6.07 Å². The number of pyridine rings is 1. The first kappa shape index (κ1) is 14.6. The van der Waals surface area contributed by atoms with Crippen LogP contribution >= 0.6 is 23.2 Å². The topological polar surface area (TPSA) is 51.2 Å². The van der Waals surface area contributed by atoms with Gasteiger partial charge in [-0.15, -0.1) is 0 Å². The highest BCUT2D eigenvalue weighted by Gasteiger charge is 2.08. The molecule has 0 unspecified atom stereocenters. The molecule has 0 aliphatic heterocycles. The molecule has 0 bridgehead atoms. The van der Waals surface area contributed by atoms with Crippen LogP contribution in [0.5, 0.6) is 5.75 Å².